The first-order valence-corrected chi connectivity index (χ1v) is 5.67. The van der Waals surface area contributed by atoms with Gasteiger partial charge in [-0.25, -0.2) is 0 Å². The Labute approximate surface area is 110 Å². The zero-order valence-electron chi connectivity index (χ0n) is 11.0. The van der Waals surface area contributed by atoms with Crippen molar-refractivity contribution in [2.75, 3.05) is 14.1 Å². The summed E-state index contributed by atoms with van der Waals surface area (Å²) in [4.78, 5) is 22.4. The highest BCUT2D eigenvalue weighted by molar-refractivity contribution is 5.66. The molecule has 102 valence electrons. The van der Waals surface area contributed by atoms with Gasteiger partial charge in [0.1, 0.15) is 0 Å². The van der Waals surface area contributed by atoms with E-state index >= 15 is 0 Å². The van der Waals surface area contributed by atoms with Crippen molar-refractivity contribution in [2.45, 2.75) is 13.3 Å². The molecule has 0 radical (unpaired) electrons. The maximum Gasteiger partial charge on any atom is 0.283 e. The van der Waals surface area contributed by atoms with Gasteiger partial charge in [0.2, 0.25) is 0 Å². The van der Waals surface area contributed by atoms with Crippen LogP contribution in [0.4, 0.5) is 11.4 Å². The molecular weight excluding hydrogens is 250 g/mol. The topological polar surface area (TPSA) is 89.5 Å². The number of nitrogens with zero attached hydrogens (tertiary/aromatic N) is 3. The molecular formula is C12H15N3O4. The van der Waals surface area contributed by atoms with Gasteiger partial charge in [0.15, 0.2) is 0 Å². The van der Waals surface area contributed by atoms with Crippen molar-refractivity contribution in [2.24, 2.45) is 0 Å². The Morgan fingerprint density at radius 1 is 1.16 bits per heavy atom. The van der Waals surface area contributed by atoms with Gasteiger partial charge < -0.3 is 4.90 Å². The second kappa shape index (κ2) is 5.94. The van der Waals surface area contributed by atoms with Crippen molar-refractivity contribution < 1.29 is 9.85 Å². The molecule has 0 aliphatic rings. The molecule has 0 amide bonds. The Kier molecular flexibility index (Phi) is 4.57. The fourth-order valence-electron chi connectivity index (χ4n) is 1.62. The normalized spacial score (nSPS) is 10.7. The summed E-state index contributed by atoms with van der Waals surface area (Å²) < 4.78 is 0. The molecule has 7 heteroatoms. The van der Waals surface area contributed by atoms with Crippen LogP contribution in [-0.4, -0.2) is 28.8 Å². The molecule has 1 rings (SSSR count). The standard InChI is InChI=1S/C12H15N3O4/c1-4-9-7-10(5-6-13(2)3)12(15(18)19)8-11(9)14(16)17/h5-8H,4H2,1-3H3/b6-5+. The molecule has 1 aromatic rings. The van der Waals surface area contributed by atoms with Crippen LogP contribution in [0.15, 0.2) is 18.3 Å². The fraction of sp³-hybridized carbons (Fsp3) is 0.333. The van der Waals surface area contributed by atoms with Crippen LogP contribution in [0.3, 0.4) is 0 Å². The van der Waals surface area contributed by atoms with E-state index in [9.17, 15) is 20.2 Å². The lowest BCUT2D eigenvalue weighted by Crippen LogP contribution is -2.02. The Hall–Kier alpha value is -2.44. The fourth-order valence-corrected chi connectivity index (χ4v) is 1.62. The van der Waals surface area contributed by atoms with Gasteiger partial charge >= 0.3 is 0 Å². The van der Waals surface area contributed by atoms with E-state index in [1.54, 1.807) is 38.2 Å². The van der Waals surface area contributed by atoms with E-state index < -0.39 is 9.85 Å². The number of hydrogen-bond donors (Lipinski definition) is 0. The Bertz CT molecular complexity index is 538. The average Bonchev–Trinajstić information content (AvgIpc) is 2.34. The molecule has 0 heterocycles. The summed E-state index contributed by atoms with van der Waals surface area (Å²) in [5, 5.41) is 21.9. The van der Waals surface area contributed by atoms with Crippen LogP contribution < -0.4 is 0 Å². The maximum absolute atomic E-state index is 11.0. The number of benzene rings is 1. The Morgan fingerprint density at radius 2 is 1.74 bits per heavy atom. The summed E-state index contributed by atoms with van der Waals surface area (Å²) in [5.74, 6) is 0. The van der Waals surface area contributed by atoms with E-state index in [4.69, 9.17) is 0 Å². The van der Waals surface area contributed by atoms with Gasteiger partial charge in [0.25, 0.3) is 11.4 Å². The molecule has 0 aromatic heterocycles. The third-order valence-electron chi connectivity index (χ3n) is 2.55. The van der Waals surface area contributed by atoms with Crippen LogP contribution in [0.25, 0.3) is 6.08 Å². The minimum absolute atomic E-state index is 0.212. The van der Waals surface area contributed by atoms with Gasteiger partial charge in [0, 0.05) is 19.7 Å². The second-order valence-corrected chi connectivity index (χ2v) is 4.19. The van der Waals surface area contributed by atoms with Gasteiger partial charge in [-0.3, -0.25) is 20.2 Å². The molecule has 19 heavy (non-hydrogen) atoms. The predicted molar refractivity (Wildman–Crippen MR) is 71.8 cm³/mol. The molecule has 0 aliphatic carbocycles. The minimum atomic E-state index is -0.609. The van der Waals surface area contributed by atoms with Crippen LogP contribution in [-0.2, 0) is 6.42 Å². The highest BCUT2D eigenvalue weighted by atomic mass is 16.6. The SMILES string of the molecule is CCc1cc(/C=C/N(C)C)c([N+](=O)[O-])cc1[N+](=O)[O-]. The third kappa shape index (κ3) is 3.51. The molecule has 0 saturated carbocycles. The number of nitro benzene ring substituents is 2. The van der Waals surface area contributed by atoms with Crippen LogP contribution in [0.2, 0.25) is 0 Å². The second-order valence-electron chi connectivity index (χ2n) is 4.19. The largest absolute Gasteiger partial charge is 0.383 e. The zero-order valence-corrected chi connectivity index (χ0v) is 11.0. The van der Waals surface area contributed by atoms with E-state index in [-0.39, 0.29) is 11.4 Å². The molecule has 0 aliphatic heterocycles. The molecule has 0 bridgehead atoms. The number of aryl methyl sites for hydroxylation is 1. The van der Waals surface area contributed by atoms with Crippen LogP contribution in [0, 0.1) is 20.2 Å². The maximum atomic E-state index is 11.0. The first-order valence-electron chi connectivity index (χ1n) is 5.67. The van der Waals surface area contributed by atoms with Crippen molar-refractivity contribution >= 4 is 17.5 Å². The lowest BCUT2D eigenvalue weighted by atomic mass is 10.0. The Morgan fingerprint density at radius 3 is 2.16 bits per heavy atom. The van der Waals surface area contributed by atoms with Gasteiger partial charge in [0.05, 0.1) is 21.5 Å². The summed E-state index contributed by atoms with van der Waals surface area (Å²) in [6, 6.07) is 2.52. The van der Waals surface area contributed by atoms with E-state index in [1.165, 1.54) is 6.07 Å². The summed E-state index contributed by atoms with van der Waals surface area (Å²) in [6.45, 7) is 1.77. The minimum Gasteiger partial charge on any atom is -0.383 e. The van der Waals surface area contributed by atoms with E-state index in [0.29, 0.717) is 17.5 Å². The van der Waals surface area contributed by atoms with Crippen molar-refractivity contribution in [1.29, 1.82) is 0 Å². The third-order valence-corrected chi connectivity index (χ3v) is 2.55. The molecule has 0 N–H and O–H groups in total. The van der Waals surface area contributed by atoms with Crippen molar-refractivity contribution in [3.05, 3.63) is 49.7 Å². The van der Waals surface area contributed by atoms with Gasteiger partial charge in [-0.2, -0.15) is 0 Å². The lowest BCUT2D eigenvalue weighted by molar-refractivity contribution is -0.394. The number of nitro groups is 2. The monoisotopic (exact) mass is 265 g/mol. The van der Waals surface area contributed by atoms with Crippen molar-refractivity contribution in [3.63, 3.8) is 0 Å². The molecule has 0 atom stereocenters. The predicted octanol–water partition coefficient (Wildman–Crippen LogP) is 2.60. The van der Waals surface area contributed by atoms with Crippen molar-refractivity contribution in [3.8, 4) is 0 Å². The smallest absolute Gasteiger partial charge is 0.283 e. The lowest BCUT2D eigenvalue weighted by Gasteiger charge is -2.06. The highest BCUT2D eigenvalue weighted by Gasteiger charge is 2.22. The zero-order chi connectivity index (χ0) is 14.6. The molecule has 1 aromatic carbocycles. The van der Waals surface area contributed by atoms with Gasteiger partial charge in [-0.1, -0.05) is 6.92 Å². The van der Waals surface area contributed by atoms with E-state index in [1.807, 2.05) is 0 Å². The van der Waals surface area contributed by atoms with Crippen LogP contribution >= 0.6 is 0 Å². The van der Waals surface area contributed by atoms with Crippen LogP contribution in [0.5, 0.6) is 0 Å². The van der Waals surface area contributed by atoms with Crippen molar-refractivity contribution in [1.82, 2.24) is 4.90 Å². The number of rotatable bonds is 5. The van der Waals surface area contributed by atoms with E-state index in [2.05, 4.69) is 0 Å². The van der Waals surface area contributed by atoms with Crippen LogP contribution in [0.1, 0.15) is 18.1 Å². The molecule has 0 fully saturated rings. The molecule has 0 unspecified atom stereocenters. The first kappa shape index (κ1) is 14.6. The number of hydrogen-bond acceptors (Lipinski definition) is 5. The Balaban J connectivity index is 3.44. The van der Waals surface area contributed by atoms with Gasteiger partial charge in [-0.15, -0.1) is 0 Å². The molecule has 0 spiro atoms. The molecule has 0 saturated heterocycles. The van der Waals surface area contributed by atoms with Gasteiger partial charge in [-0.05, 0) is 24.8 Å². The molecule has 7 nitrogen and oxygen atoms in total. The summed E-state index contributed by atoms with van der Waals surface area (Å²) >= 11 is 0. The summed E-state index contributed by atoms with van der Waals surface area (Å²) in [5.41, 5.74) is 0.369. The summed E-state index contributed by atoms with van der Waals surface area (Å²) in [6.07, 6.45) is 3.67. The highest BCUT2D eigenvalue weighted by Crippen LogP contribution is 2.30. The van der Waals surface area contributed by atoms with E-state index in [0.717, 1.165) is 6.07 Å². The quantitative estimate of drug-likeness (QED) is 0.603. The first-order chi connectivity index (χ1) is 8.86. The summed E-state index contributed by atoms with van der Waals surface area (Å²) in [7, 11) is 3.57. The average molecular weight is 265 g/mol.